The van der Waals surface area contributed by atoms with Crippen LogP contribution in [0.15, 0.2) is 17.1 Å². The molecule has 1 fully saturated rings. The minimum absolute atomic E-state index is 0.0105. The lowest BCUT2D eigenvalue weighted by molar-refractivity contribution is 0.0624. The van der Waals surface area contributed by atoms with Crippen molar-refractivity contribution >= 4 is 57.4 Å². The highest BCUT2D eigenvalue weighted by molar-refractivity contribution is 8.14. The number of amidine groups is 1. The van der Waals surface area contributed by atoms with Crippen LogP contribution in [-0.2, 0) is 4.74 Å². The summed E-state index contributed by atoms with van der Waals surface area (Å²) in [5.74, 6) is 0.974. The van der Waals surface area contributed by atoms with Gasteiger partial charge in [0.2, 0.25) is 0 Å². The summed E-state index contributed by atoms with van der Waals surface area (Å²) in [7, 11) is 0. The molecule has 2 aliphatic heterocycles. The van der Waals surface area contributed by atoms with Crippen LogP contribution in [0.1, 0.15) is 12.8 Å². The number of nitrogens with one attached hydrogen (secondary N) is 1. The zero-order valence-corrected chi connectivity index (χ0v) is 13.7. The van der Waals surface area contributed by atoms with E-state index in [1.165, 1.54) is 0 Å². The zero-order chi connectivity index (χ0) is 14.2. The first-order chi connectivity index (χ1) is 9.58. The first-order valence-electron chi connectivity index (χ1n) is 6.30. The summed E-state index contributed by atoms with van der Waals surface area (Å²) in [5, 5.41) is 5.60. The Hall–Kier alpha value is -0.130. The highest BCUT2D eigenvalue weighted by Crippen LogP contribution is 2.39. The molecule has 1 N–H and O–H groups in total. The lowest BCUT2D eigenvalue weighted by atomic mass is 9.93. The molecular weight excluding hydrogens is 339 g/mol. The van der Waals surface area contributed by atoms with Gasteiger partial charge in [-0.15, -0.1) is 0 Å². The van der Waals surface area contributed by atoms with Crippen LogP contribution in [0.2, 0.25) is 15.1 Å². The van der Waals surface area contributed by atoms with Crippen LogP contribution in [-0.4, -0.2) is 29.7 Å². The maximum absolute atomic E-state index is 6.17. The average Bonchev–Trinajstić information content (AvgIpc) is 2.77. The minimum Gasteiger partial charge on any atom is -0.381 e. The molecule has 7 heteroatoms. The molecule has 0 amide bonds. The van der Waals surface area contributed by atoms with Crippen LogP contribution >= 0.6 is 46.6 Å². The van der Waals surface area contributed by atoms with Crippen molar-refractivity contribution in [3.05, 3.63) is 27.2 Å². The van der Waals surface area contributed by atoms with Crippen molar-refractivity contribution in [2.75, 3.05) is 24.3 Å². The van der Waals surface area contributed by atoms with E-state index in [9.17, 15) is 0 Å². The number of thioether (sulfide) groups is 1. The standard InChI is InChI=1S/C13H13Cl3N2OS/c14-8-5-9(15)11(10(16)6-8)17-12-18-13(7-20-12)1-3-19-4-2-13/h5-6H,1-4,7H2,(H,17,18). The SMILES string of the molecule is Clc1cc(Cl)c(NC2=NC3(CCOCC3)CS2)c(Cl)c1. The fourth-order valence-electron chi connectivity index (χ4n) is 2.32. The third kappa shape index (κ3) is 3.04. The molecule has 1 aromatic carbocycles. The Labute approximate surface area is 137 Å². The van der Waals surface area contributed by atoms with Gasteiger partial charge >= 0.3 is 0 Å². The van der Waals surface area contributed by atoms with Crippen molar-refractivity contribution in [2.24, 2.45) is 4.99 Å². The summed E-state index contributed by atoms with van der Waals surface area (Å²) in [6.07, 6.45) is 1.93. The Morgan fingerprint density at radius 3 is 2.45 bits per heavy atom. The van der Waals surface area contributed by atoms with Crippen LogP contribution in [0.25, 0.3) is 0 Å². The van der Waals surface area contributed by atoms with E-state index in [0.717, 1.165) is 37.0 Å². The van der Waals surface area contributed by atoms with Gasteiger partial charge in [-0.3, -0.25) is 4.99 Å². The van der Waals surface area contributed by atoms with Crippen molar-refractivity contribution in [1.82, 2.24) is 0 Å². The molecule has 108 valence electrons. The molecule has 0 aromatic heterocycles. The molecule has 3 rings (SSSR count). The predicted octanol–water partition coefficient (Wildman–Crippen LogP) is 4.71. The molecule has 1 spiro atoms. The molecule has 0 unspecified atom stereocenters. The fourth-order valence-corrected chi connectivity index (χ4v) is 4.43. The highest BCUT2D eigenvalue weighted by atomic mass is 35.5. The Morgan fingerprint density at radius 2 is 1.80 bits per heavy atom. The van der Waals surface area contributed by atoms with E-state index in [1.807, 2.05) is 0 Å². The molecule has 0 bridgehead atoms. The Bertz CT molecular complexity index is 536. The van der Waals surface area contributed by atoms with E-state index in [2.05, 4.69) is 5.32 Å². The summed E-state index contributed by atoms with van der Waals surface area (Å²) in [4.78, 5) is 4.82. The Kier molecular flexibility index (Phi) is 4.39. The third-order valence-corrected chi connectivity index (χ3v) is 5.44. The summed E-state index contributed by atoms with van der Waals surface area (Å²) in [6, 6.07) is 3.34. The van der Waals surface area contributed by atoms with E-state index in [0.29, 0.717) is 20.8 Å². The molecule has 1 saturated heterocycles. The molecule has 2 aliphatic rings. The lowest BCUT2D eigenvalue weighted by Crippen LogP contribution is -2.34. The number of nitrogens with zero attached hydrogens (tertiary/aromatic N) is 1. The maximum atomic E-state index is 6.17. The molecule has 0 radical (unpaired) electrons. The number of anilines is 1. The van der Waals surface area contributed by atoms with Crippen LogP contribution in [0, 0.1) is 0 Å². The van der Waals surface area contributed by atoms with Gasteiger partial charge in [-0.25, -0.2) is 0 Å². The normalized spacial score (nSPS) is 21.1. The number of benzene rings is 1. The van der Waals surface area contributed by atoms with Crippen LogP contribution < -0.4 is 5.32 Å². The second-order valence-corrected chi connectivity index (χ2v) is 7.13. The van der Waals surface area contributed by atoms with Gasteiger partial charge in [0.1, 0.15) is 0 Å². The number of rotatable bonds is 1. The zero-order valence-electron chi connectivity index (χ0n) is 10.6. The molecule has 0 saturated carbocycles. The van der Waals surface area contributed by atoms with Gasteiger partial charge in [-0.2, -0.15) is 0 Å². The average molecular weight is 352 g/mol. The van der Waals surface area contributed by atoms with Gasteiger partial charge in [-0.1, -0.05) is 46.6 Å². The molecule has 2 heterocycles. The van der Waals surface area contributed by atoms with E-state index >= 15 is 0 Å². The number of hydrogen-bond acceptors (Lipinski definition) is 4. The Balaban J connectivity index is 1.80. The Morgan fingerprint density at radius 1 is 1.15 bits per heavy atom. The van der Waals surface area contributed by atoms with Crippen molar-refractivity contribution in [3.8, 4) is 0 Å². The van der Waals surface area contributed by atoms with E-state index in [-0.39, 0.29) is 5.54 Å². The van der Waals surface area contributed by atoms with Crippen molar-refractivity contribution in [2.45, 2.75) is 18.4 Å². The van der Waals surface area contributed by atoms with E-state index in [4.69, 9.17) is 44.5 Å². The van der Waals surface area contributed by atoms with Crippen molar-refractivity contribution in [1.29, 1.82) is 0 Å². The van der Waals surface area contributed by atoms with Crippen LogP contribution in [0.4, 0.5) is 5.69 Å². The summed E-state index contributed by atoms with van der Waals surface area (Å²) in [6.45, 7) is 1.56. The van der Waals surface area contributed by atoms with Gasteiger partial charge in [0.15, 0.2) is 5.17 Å². The highest BCUT2D eigenvalue weighted by Gasteiger charge is 2.37. The quantitative estimate of drug-likeness (QED) is 0.795. The fraction of sp³-hybridized carbons (Fsp3) is 0.462. The monoisotopic (exact) mass is 350 g/mol. The molecule has 0 aliphatic carbocycles. The number of hydrogen-bond donors (Lipinski definition) is 1. The summed E-state index contributed by atoms with van der Waals surface area (Å²) >= 11 is 20.0. The molecule has 0 atom stereocenters. The van der Waals surface area contributed by atoms with Crippen molar-refractivity contribution in [3.63, 3.8) is 0 Å². The van der Waals surface area contributed by atoms with Gasteiger partial charge in [-0.05, 0) is 25.0 Å². The van der Waals surface area contributed by atoms with E-state index in [1.54, 1.807) is 23.9 Å². The van der Waals surface area contributed by atoms with Gasteiger partial charge < -0.3 is 10.1 Å². The maximum Gasteiger partial charge on any atom is 0.161 e. The lowest BCUT2D eigenvalue weighted by Gasteiger charge is -2.29. The first kappa shape index (κ1) is 14.8. The summed E-state index contributed by atoms with van der Waals surface area (Å²) < 4.78 is 5.41. The number of ether oxygens (including phenoxy) is 1. The first-order valence-corrected chi connectivity index (χ1v) is 8.42. The number of aliphatic imine (C=N–C) groups is 1. The number of halogens is 3. The van der Waals surface area contributed by atoms with Crippen molar-refractivity contribution < 1.29 is 4.74 Å². The van der Waals surface area contributed by atoms with Gasteiger partial charge in [0.05, 0.1) is 21.3 Å². The van der Waals surface area contributed by atoms with Gasteiger partial charge in [0.25, 0.3) is 0 Å². The molecular formula is C13H13Cl3N2OS. The van der Waals surface area contributed by atoms with Crippen LogP contribution in [0.3, 0.4) is 0 Å². The topological polar surface area (TPSA) is 33.6 Å². The third-order valence-electron chi connectivity index (χ3n) is 3.48. The minimum atomic E-state index is 0.0105. The molecule has 20 heavy (non-hydrogen) atoms. The van der Waals surface area contributed by atoms with E-state index < -0.39 is 0 Å². The summed E-state index contributed by atoms with van der Waals surface area (Å²) in [5.41, 5.74) is 0.671. The van der Waals surface area contributed by atoms with Crippen LogP contribution in [0.5, 0.6) is 0 Å². The predicted molar refractivity (Wildman–Crippen MR) is 87.8 cm³/mol. The second kappa shape index (κ2) is 5.93. The van der Waals surface area contributed by atoms with Gasteiger partial charge in [0, 0.05) is 24.0 Å². The molecule has 1 aromatic rings. The molecule has 3 nitrogen and oxygen atoms in total. The smallest absolute Gasteiger partial charge is 0.161 e. The second-order valence-electron chi connectivity index (χ2n) is 4.91. The largest absolute Gasteiger partial charge is 0.381 e.